The van der Waals surface area contributed by atoms with Crippen molar-refractivity contribution < 1.29 is 9.53 Å². The van der Waals surface area contributed by atoms with Crippen LogP contribution in [-0.2, 0) is 4.74 Å². The number of aryl methyl sites for hydroxylation is 1. The van der Waals surface area contributed by atoms with Crippen molar-refractivity contribution in [2.45, 2.75) is 13.8 Å². The molecule has 0 spiro atoms. The Morgan fingerprint density at radius 1 is 1.47 bits per heavy atom. The zero-order valence-electron chi connectivity index (χ0n) is 10.6. The van der Waals surface area contributed by atoms with Crippen LogP contribution in [0.4, 0.5) is 0 Å². The molecule has 2 rings (SSSR count). The van der Waals surface area contributed by atoms with Crippen LogP contribution in [0.2, 0.25) is 0 Å². The largest absolute Gasteiger partial charge is 0.462 e. The first-order valence-electron chi connectivity index (χ1n) is 5.82. The molecular formula is C13H13N3O3. The Balaban J connectivity index is 2.50. The van der Waals surface area contributed by atoms with Gasteiger partial charge in [0.2, 0.25) is 0 Å². The van der Waals surface area contributed by atoms with Crippen LogP contribution in [0.1, 0.15) is 23.0 Å². The molecule has 1 N–H and O–H groups in total. The van der Waals surface area contributed by atoms with Gasteiger partial charge in [0.1, 0.15) is 5.56 Å². The van der Waals surface area contributed by atoms with E-state index in [2.05, 4.69) is 15.2 Å². The van der Waals surface area contributed by atoms with E-state index < -0.39 is 11.5 Å². The molecule has 0 aromatic carbocycles. The first-order valence-corrected chi connectivity index (χ1v) is 5.82. The third-order valence-corrected chi connectivity index (χ3v) is 2.58. The van der Waals surface area contributed by atoms with Crippen LogP contribution in [0, 0.1) is 6.92 Å². The highest BCUT2D eigenvalue weighted by Gasteiger charge is 2.14. The predicted octanol–water partition coefficient (Wildman–Crippen LogP) is 1.32. The normalized spacial score (nSPS) is 10.2. The summed E-state index contributed by atoms with van der Waals surface area (Å²) in [6.45, 7) is 3.72. The van der Waals surface area contributed by atoms with E-state index in [9.17, 15) is 9.59 Å². The maximum atomic E-state index is 11.6. The maximum Gasteiger partial charge on any atom is 0.343 e. The van der Waals surface area contributed by atoms with E-state index in [0.29, 0.717) is 5.69 Å². The van der Waals surface area contributed by atoms with Gasteiger partial charge < -0.3 is 4.74 Å². The number of carbonyl (C=O) groups excluding carboxylic acids is 1. The van der Waals surface area contributed by atoms with E-state index in [-0.39, 0.29) is 12.2 Å². The van der Waals surface area contributed by atoms with Gasteiger partial charge in [-0.2, -0.15) is 5.10 Å². The van der Waals surface area contributed by atoms with Crippen molar-refractivity contribution >= 4 is 5.97 Å². The van der Waals surface area contributed by atoms with E-state index in [0.717, 1.165) is 11.3 Å². The molecule has 19 heavy (non-hydrogen) atoms. The second-order valence-corrected chi connectivity index (χ2v) is 3.85. The molecule has 0 atom stereocenters. The first kappa shape index (κ1) is 12.9. The Bertz CT molecular complexity index is 664. The zero-order valence-corrected chi connectivity index (χ0v) is 10.6. The molecule has 0 bridgehead atoms. The number of H-pyrrole nitrogens is 1. The minimum Gasteiger partial charge on any atom is -0.462 e. The number of nitrogens with one attached hydrogen (secondary N) is 1. The summed E-state index contributed by atoms with van der Waals surface area (Å²) in [6.07, 6.45) is 1.66. The SMILES string of the molecule is CCOC(=O)c1cc(-c2cccnc2C)n[nH]c1=O. The van der Waals surface area contributed by atoms with Crippen molar-refractivity contribution in [1.82, 2.24) is 15.2 Å². The molecule has 0 aliphatic rings. The Morgan fingerprint density at radius 2 is 2.26 bits per heavy atom. The molecule has 98 valence electrons. The number of nitrogens with zero attached hydrogens (tertiary/aromatic N) is 2. The molecule has 0 aliphatic carbocycles. The zero-order chi connectivity index (χ0) is 13.8. The molecule has 6 heteroatoms. The highest BCUT2D eigenvalue weighted by Crippen LogP contribution is 2.18. The third-order valence-electron chi connectivity index (χ3n) is 2.58. The molecule has 2 aromatic heterocycles. The molecule has 0 aliphatic heterocycles. The van der Waals surface area contributed by atoms with Gasteiger partial charge in [0.15, 0.2) is 0 Å². The van der Waals surface area contributed by atoms with Gasteiger partial charge in [-0.3, -0.25) is 9.78 Å². The molecule has 0 saturated carbocycles. The fraction of sp³-hybridized carbons (Fsp3) is 0.231. The Morgan fingerprint density at radius 3 is 2.95 bits per heavy atom. The number of rotatable bonds is 3. The summed E-state index contributed by atoms with van der Waals surface area (Å²) < 4.78 is 4.83. The van der Waals surface area contributed by atoms with Crippen LogP contribution in [0.15, 0.2) is 29.2 Å². The second kappa shape index (κ2) is 5.43. The molecule has 2 aromatic rings. The Labute approximate surface area is 109 Å². The number of ether oxygens (including phenoxy) is 1. The topological polar surface area (TPSA) is 84.9 Å². The van der Waals surface area contributed by atoms with Crippen LogP contribution in [0.3, 0.4) is 0 Å². The van der Waals surface area contributed by atoms with E-state index in [1.54, 1.807) is 19.2 Å². The first-order chi connectivity index (χ1) is 9.13. The average Bonchev–Trinajstić information content (AvgIpc) is 2.40. The maximum absolute atomic E-state index is 11.6. The van der Waals surface area contributed by atoms with Crippen molar-refractivity contribution in [1.29, 1.82) is 0 Å². The summed E-state index contributed by atoms with van der Waals surface area (Å²) in [4.78, 5) is 27.4. The van der Waals surface area contributed by atoms with Crippen molar-refractivity contribution in [3.05, 3.63) is 46.0 Å². The molecular weight excluding hydrogens is 246 g/mol. The number of pyridine rings is 1. The van der Waals surface area contributed by atoms with Crippen LogP contribution in [-0.4, -0.2) is 27.8 Å². The fourth-order valence-corrected chi connectivity index (χ4v) is 1.66. The van der Waals surface area contributed by atoms with Crippen LogP contribution >= 0.6 is 0 Å². The van der Waals surface area contributed by atoms with Gasteiger partial charge in [0.05, 0.1) is 12.3 Å². The summed E-state index contributed by atoms with van der Waals surface area (Å²) in [5.41, 5.74) is 1.37. The molecule has 0 saturated heterocycles. The fourth-order valence-electron chi connectivity index (χ4n) is 1.66. The number of aromatic nitrogens is 3. The van der Waals surface area contributed by atoms with E-state index in [1.165, 1.54) is 6.07 Å². The smallest absolute Gasteiger partial charge is 0.343 e. The van der Waals surface area contributed by atoms with Gasteiger partial charge in [-0.1, -0.05) is 0 Å². The highest BCUT2D eigenvalue weighted by atomic mass is 16.5. The van der Waals surface area contributed by atoms with Gasteiger partial charge in [-0.05, 0) is 32.0 Å². The lowest BCUT2D eigenvalue weighted by molar-refractivity contribution is 0.0524. The lowest BCUT2D eigenvalue weighted by Gasteiger charge is -2.05. The second-order valence-electron chi connectivity index (χ2n) is 3.85. The monoisotopic (exact) mass is 259 g/mol. The summed E-state index contributed by atoms with van der Waals surface area (Å²) in [5.74, 6) is -0.658. The van der Waals surface area contributed by atoms with Crippen molar-refractivity contribution in [3.63, 3.8) is 0 Å². The van der Waals surface area contributed by atoms with Gasteiger partial charge in [-0.15, -0.1) is 0 Å². The lowest BCUT2D eigenvalue weighted by Crippen LogP contribution is -2.21. The van der Waals surface area contributed by atoms with Gasteiger partial charge in [0, 0.05) is 17.5 Å². The van der Waals surface area contributed by atoms with Gasteiger partial charge in [-0.25, -0.2) is 9.89 Å². The van der Waals surface area contributed by atoms with Crippen LogP contribution < -0.4 is 5.56 Å². The van der Waals surface area contributed by atoms with Crippen molar-refractivity contribution in [2.75, 3.05) is 6.61 Å². The molecule has 0 amide bonds. The van der Waals surface area contributed by atoms with Crippen LogP contribution in [0.5, 0.6) is 0 Å². The lowest BCUT2D eigenvalue weighted by atomic mass is 10.1. The van der Waals surface area contributed by atoms with Gasteiger partial charge in [0.25, 0.3) is 5.56 Å². The Hall–Kier alpha value is -2.50. The summed E-state index contributed by atoms with van der Waals surface area (Å²) in [7, 11) is 0. The van der Waals surface area contributed by atoms with E-state index >= 15 is 0 Å². The average molecular weight is 259 g/mol. The number of hydrogen-bond acceptors (Lipinski definition) is 5. The summed E-state index contributed by atoms with van der Waals surface area (Å²) >= 11 is 0. The third kappa shape index (κ3) is 2.67. The number of carbonyl (C=O) groups is 1. The van der Waals surface area contributed by atoms with Gasteiger partial charge >= 0.3 is 5.97 Å². The standard InChI is InChI=1S/C13H13N3O3/c1-3-19-13(18)10-7-11(15-16-12(10)17)9-5-4-6-14-8(9)2/h4-7H,3H2,1-2H3,(H,16,17). The number of esters is 1. The van der Waals surface area contributed by atoms with E-state index in [1.807, 2.05) is 13.0 Å². The number of hydrogen-bond donors (Lipinski definition) is 1. The molecule has 6 nitrogen and oxygen atoms in total. The molecule has 0 unspecified atom stereocenters. The van der Waals surface area contributed by atoms with Crippen LogP contribution in [0.25, 0.3) is 11.3 Å². The Kier molecular flexibility index (Phi) is 3.70. The quantitative estimate of drug-likeness (QED) is 0.840. The minimum atomic E-state index is -0.658. The minimum absolute atomic E-state index is 0.0601. The molecule has 0 radical (unpaired) electrons. The number of aromatic amines is 1. The van der Waals surface area contributed by atoms with Crippen molar-refractivity contribution in [3.8, 4) is 11.3 Å². The predicted molar refractivity (Wildman–Crippen MR) is 68.8 cm³/mol. The van der Waals surface area contributed by atoms with E-state index in [4.69, 9.17) is 4.74 Å². The van der Waals surface area contributed by atoms with Crippen molar-refractivity contribution in [2.24, 2.45) is 0 Å². The molecule has 2 heterocycles. The highest BCUT2D eigenvalue weighted by molar-refractivity contribution is 5.90. The molecule has 0 fully saturated rings. The summed E-state index contributed by atoms with van der Waals surface area (Å²) in [6, 6.07) is 5.00. The summed E-state index contributed by atoms with van der Waals surface area (Å²) in [5, 5.41) is 6.23.